The highest BCUT2D eigenvalue weighted by Crippen LogP contribution is 2.27. The number of benzene rings is 2. The van der Waals surface area contributed by atoms with Gasteiger partial charge in [-0.25, -0.2) is 9.18 Å². The van der Waals surface area contributed by atoms with E-state index in [-0.39, 0.29) is 22.8 Å². The van der Waals surface area contributed by atoms with Crippen molar-refractivity contribution in [2.24, 2.45) is 5.73 Å². The maximum atomic E-state index is 13.8. The molecule has 0 aromatic heterocycles. The second-order valence-corrected chi connectivity index (χ2v) is 4.78. The van der Waals surface area contributed by atoms with Gasteiger partial charge in [-0.3, -0.25) is 20.4 Å². The Morgan fingerprint density at radius 1 is 1.04 bits per heavy atom. The largest absolute Gasteiger partial charge is 0.457 e. The van der Waals surface area contributed by atoms with Crippen LogP contribution in [0.1, 0.15) is 17.3 Å². The second kappa shape index (κ2) is 7.77. The highest BCUT2D eigenvalue weighted by Gasteiger charge is 2.10. The molecule has 3 amide bonds. The lowest BCUT2D eigenvalue weighted by atomic mass is 10.2. The molecule has 0 aliphatic carbocycles. The normalized spacial score (nSPS) is 9.84. The Bertz CT molecular complexity index is 825. The van der Waals surface area contributed by atoms with Crippen molar-refractivity contribution in [3.05, 3.63) is 53.8 Å². The molecule has 0 spiro atoms. The number of nitrogens with two attached hydrogens (primary N) is 1. The minimum atomic E-state index is -1.13. The molecule has 9 heteroatoms. The van der Waals surface area contributed by atoms with Crippen LogP contribution >= 0.6 is 0 Å². The summed E-state index contributed by atoms with van der Waals surface area (Å²) in [7, 11) is 0. The molecule has 25 heavy (non-hydrogen) atoms. The quantitative estimate of drug-likeness (QED) is 0.729. The van der Waals surface area contributed by atoms with Crippen LogP contribution < -0.4 is 26.1 Å². The third-order valence-corrected chi connectivity index (χ3v) is 2.80. The van der Waals surface area contributed by atoms with Crippen molar-refractivity contribution in [2.75, 3.05) is 0 Å². The van der Waals surface area contributed by atoms with Crippen LogP contribution in [0.2, 0.25) is 0 Å². The summed E-state index contributed by atoms with van der Waals surface area (Å²) in [6.07, 6.45) is -1.13. The Morgan fingerprint density at radius 3 is 2.40 bits per heavy atom. The van der Waals surface area contributed by atoms with Crippen molar-refractivity contribution in [1.29, 1.82) is 0 Å². The minimum Gasteiger partial charge on any atom is -0.457 e. The Balaban J connectivity index is 2.11. The van der Waals surface area contributed by atoms with Gasteiger partial charge >= 0.3 is 6.09 Å². The van der Waals surface area contributed by atoms with E-state index in [0.29, 0.717) is 0 Å². The van der Waals surface area contributed by atoms with Crippen molar-refractivity contribution in [2.45, 2.75) is 6.92 Å². The lowest BCUT2D eigenvalue weighted by Crippen LogP contribution is -2.40. The summed E-state index contributed by atoms with van der Waals surface area (Å²) in [6, 6.07) is 9.58. The molecule has 2 aromatic carbocycles. The van der Waals surface area contributed by atoms with E-state index >= 15 is 0 Å². The standard InChI is InChI=1S/C16H14FN3O5/c1-9(21)19-20-15(22)10-3-2-4-11(7-10)24-12-5-6-14(13(17)8-12)25-16(18)23/h2-8H,1H3,(H2,18,23)(H,19,21)(H,20,22). The summed E-state index contributed by atoms with van der Waals surface area (Å²) in [4.78, 5) is 33.3. The van der Waals surface area contributed by atoms with E-state index in [1.807, 2.05) is 0 Å². The fourth-order valence-electron chi connectivity index (χ4n) is 1.79. The Morgan fingerprint density at radius 2 is 1.76 bits per heavy atom. The van der Waals surface area contributed by atoms with Gasteiger partial charge in [-0.1, -0.05) is 6.07 Å². The Labute approximate surface area is 141 Å². The summed E-state index contributed by atoms with van der Waals surface area (Å²) in [5.41, 5.74) is 9.41. The second-order valence-electron chi connectivity index (χ2n) is 4.78. The van der Waals surface area contributed by atoms with Crippen molar-refractivity contribution >= 4 is 17.9 Å². The van der Waals surface area contributed by atoms with Gasteiger partial charge in [-0.15, -0.1) is 0 Å². The van der Waals surface area contributed by atoms with Crippen LogP contribution in [0, 0.1) is 5.82 Å². The third kappa shape index (κ3) is 5.20. The van der Waals surface area contributed by atoms with Gasteiger partial charge in [0.25, 0.3) is 5.91 Å². The lowest BCUT2D eigenvalue weighted by molar-refractivity contribution is -0.119. The van der Waals surface area contributed by atoms with Crippen LogP contribution in [0.5, 0.6) is 17.2 Å². The average molecular weight is 347 g/mol. The zero-order valence-electron chi connectivity index (χ0n) is 13.0. The fraction of sp³-hybridized carbons (Fsp3) is 0.0625. The molecule has 0 bridgehead atoms. The first-order chi connectivity index (χ1) is 11.8. The number of ether oxygens (including phenoxy) is 2. The molecule has 0 fully saturated rings. The summed E-state index contributed by atoms with van der Waals surface area (Å²) in [5.74, 6) is -1.75. The SMILES string of the molecule is CC(=O)NNC(=O)c1cccc(Oc2ccc(OC(N)=O)c(F)c2)c1. The van der Waals surface area contributed by atoms with E-state index in [1.54, 1.807) is 12.1 Å². The van der Waals surface area contributed by atoms with Crippen LogP contribution in [-0.4, -0.2) is 17.9 Å². The number of hydrogen-bond donors (Lipinski definition) is 3. The zero-order chi connectivity index (χ0) is 18.4. The number of hydrazine groups is 1. The highest BCUT2D eigenvalue weighted by atomic mass is 19.1. The van der Waals surface area contributed by atoms with Crippen LogP contribution in [-0.2, 0) is 4.79 Å². The number of amides is 3. The molecule has 0 aliphatic heterocycles. The molecule has 2 rings (SSSR count). The molecule has 0 saturated carbocycles. The smallest absolute Gasteiger partial charge is 0.410 e. The molecular formula is C16H14FN3O5. The molecule has 8 nitrogen and oxygen atoms in total. The molecule has 0 heterocycles. The van der Waals surface area contributed by atoms with Gasteiger partial charge in [-0.2, -0.15) is 0 Å². The van der Waals surface area contributed by atoms with Crippen LogP contribution in [0.15, 0.2) is 42.5 Å². The van der Waals surface area contributed by atoms with Gasteiger partial charge in [-0.05, 0) is 30.3 Å². The Kier molecular flexibility index (Phi) is 5.51. The fourth-order valence-corrected chi connectivity index (χ4v) is 1.79. The monoisotopic (exact) mass is 347 g/mol. The molecular weight excluding hydrogens is 333 g/mol. The molecule has 0 atom stereocenters. The summed E-state index contributed by atoms with van der Waals surface area (Å²) < 4.78 is 23.7. The van der Waals surface area contributed by atoms with Crippen LogP contribution in [0.25, 0.3) is 0 Å². The summed E-state index contributed by atoms with van der Waals surface area (Å²) in [5, 5.41) is 0. The first-order valence-corrected chi connectivity index (χ1v) is 6.97. The minimum absolute atomic E-state index is 0.119. The maximum absolute atomic E-state index is 13.8. The van der Waals surface area contributed by atoms with Crippen LogP contribution in [0.3, 0.4) is 0 Å². The molecule has 0 radical (unpaired) electrons. The van der Waals surface area contributed by atoms with Crippen LogP contribution in [0.4, 0.5) is 9.18 Å². The van der Waals surface area contributed by atoms with Crippen molar-refractivity contribution in [3.63, 3.8) is 0 Å². The molecule has 0 aliphatic rings. The predicted octanol–water partition coefficient (Wildman–Crippen LogP) is 1.86. The number of carbonyl (C=O) groups excluding carboxylic acids is 3. The van der Waals surface area contributed by atoms with E-state index in [1.165, 1.54) is 31.2 Å². The molecule has 0 unspecified atom stereocenters. The van der Waals surface area contributed by atoms with E-state index in [0.717, 1.165) is 6.07 Å². The number of halogens is 1. The van der Waals surface area contributed by atoms with Gasteiger partial charge in [0, 0.05) is 18.6 Å². The number of hydrogen-bond acceptors (Lipinski definition) is 5. The van der Waals surface area contributed by atoms with Crippen molar-refractivity contribution in [1.82, 2.24) is 10.9 Å². The van der Waals surface area contributed by atoms with Gasteiger partial charge in [0.2, 0.25) is 5.91 Å². The zero-order valence-corrected chi connectivity index (χ0v) is 13.0. The lowest BCUT2D eigenvalue weighted by Gasteiger charge is -2.09. The maximum Gasteiger partial charge on any atom is 0.410 e. The number of carbonyl (C=O) groups is 3. The highest BCUT2D eigenvalue weighted by molar-refractivity contribution is 5.95. The van der Waals surface area contributed by atoms with E-state index < -0.39 is 23.7 Å². The third-order valence-electron chi connectivity index (χ3n) is 2.80. The van der Waals surface area contributed by atoms with Crippen molar-refractivity contribution in [3.8, 4) is 17.2 Å². The number of rotatable bonds is 4. The van der Waals surface area contributed by atoms with Gasteiger partial charge in [0.15, 0.2) is 11.6 Å². The van der Waals surface area contributed by atoms with E-state index in [4.69, 9.17) is 10.5 Å². The predicted molar refractivity (Wildman–Crippen MR) is 84.4 cm³/mol. The van der Waals surface area contributed by atoms with Gasteiger partial charge in [0.1, 0.15) is 11.5 Å². The topological polar surface area (TPSA) is 120 Å². The average Bonchev–Trinajstić information content (AvgIpc) is 2.55. The molecule has 0 saturated heterocycles. The number of nitrogens with one attached hydrogen (secondary N) is 2. The van der Waals surface area contributed by atoms with Crippen molar-refractivity contribution < 1.29 is 28.2 Å². The van der Waals surface area contributed by atoms with Gasteiger partial charge in [0.05, 0.1) is 0 Å². The Hall–Kier alpha value is -3.62. The van der Waals surface area contributed by atoms with Gasteiger partial charge < -0.3 is 15.2 Å². The van der Waals surface area contributed by atoms with E-state index in [2.05, 4.69) is 15.6 Å². The summed E-state index contributed by atoms with van der Waals surface area (Å²) in [6.45, 7) is 1.25. The first-order valence-electron chi connectivity index (χ1n) is 6.97. The number of primary amides is 1. The molecule has 2 aromatic rings. The summed E-state index contributed by atoms with van der Waals surface area (Å²) >= 11 is 0. The van der Waals surface area contributed by atoms with E-state index in [9.17, 15) is 18.8 Å². The molecule has 130 valence electrons. The first kappa shape index (κ1) is 17.7. The molecule has 4 N–H and O–H groups in total.